The molecule has 0 spiro atoms. The van der Waals surface area contributed by atoms with E-state index in [1.54, 1.807) is 17.8 Å². The van der Waals surface area contributed by atoms with Crippen LogP contribution in [0.4, 0.5) is 0 Å². The summed E-state index contributed by atoms with van der Waals surface area (Å²) < 4.78 is 1.74. The molecule has 0 aromatic carbocycles. The number of carbonyl (C=O) groups excluding carboxylic acids is 1. The third-order valence-electron chi connectivity index (χ3n) is 3.11. The second-order valence-corrected chi connectivity index (χ2v) is 4.90. The van der Waals surface area contributed by atoms with Crippen molar-refractivity contribution in [2.24, 2.45) is 0 Å². The maximum absolute atomic E-state index is 12.1. The van der Waals surface area contributed by atoms with Gasteiger partial charge < -0.3 is 10.4 Å². The Morgan fingerprint density at radius 2 is 2.10 bits per heavy atom. The van der Waals surface area contributed by atoms with Crippen molar-refractivity contribution in [3.05, 3.63) is 17.5 Å². The monoisotopic (exact) mass is 281 g/mol. The van der Waals surface area contributed by atoms with E-state index in [0.717, 1.165) is 19.4 Å². The molecule has 1 amide bonds. The molecule has 0 aliphatic heterocycles. The van der Waals surface area contributed by atoms with Crippen LogP contribution in [0, 0.1) is 6.92 Å². The van der Waals surface area contributed by atoms with Crippen LogP contribution in [-0.2, 0) is 11.3 Å². The number of carboxylic acid groups (broad SMARTS) is 1. The maximum Gasteiger partial charge on any atom is 0.326 e. The smallest absolute Gasteiger partial charge is 0.326 e. The van der Waals surface area contributed by atoms with Gasteiger partial charge >= 0.3 is 5.97 Å². The molecule has 0 saturated heterocycles. The summed E-state index contributed by atoms with van der Waals surface area (Å²) in [5, 5.41) is 15.9. The number of carbonyl (C=O) groups is 2. The molecule has 0 fully saturated rings. The summed E-state index contributed by atoms with van der Waals surface area (Å²) in [4.78, 5) is 23.2. The number of aromatic nitrogens is 2. The Bertz CT molecular complexity index is 468. The second kappa shape index (κ2) is 7.67. The van der Waals surface area contributed by atoms with Gasteiger partial charge in [-0.15, -0.1) is 0 Å². The molecular weight excluding hydrogens is 258 g/mol. The Morgan fingerprint density at radius 3 is 2.65 bits per heavy atom. The summed E-state index contributed by atoms with van der Waals surface area (Å²) in [6, 6.07) is -0.842. The summed E-state index contributed by atoms with van der Waals surface area (Å²) in [5.74, 6) is -1.37. The highest BCUT2D eigenvalue weighted by Crippen LogP contribution is 2.08. The first kappa shape index (κ1) is 16.2. The van der Waals surface area contributed by atoms with E-state index in [9.17, 15) is 9.59 Å². The van der Waals surface area contributed by atoms with E-state index in [0.29, 0.717) is 24.1 Å². The minimum atomic E-state index is -1.00. The second-order valence-electron chi connectivity index (χ2n) is 4.90. The van der Waals surface area contributed by atoms with Gasteiger partial charge in [0.25, 0.3) is 5.91 Å². The summed E-state index contributed by atoms with van der Waals surface area (Å²) in [6.07, 6.45) is 4.86. The number of nitrogens with one attached hydrogen (secondary N) is 1. The van der Waals surface area contributed by atoms with Crippen molar-refractivity contribution in [1.29, 1.82) is 0 Å². The number of aliphatic carboxylic acids is 1. The van der Waals surface area contributed by atoms with E-state index in [1.807, 2.05) is 6.92 Å². The van der Waals surface area contributed by atoms with E-state index in [-0.39, 0.29) is 5.91 Å². The van der Waals surface area contributed by atoms with Crippen LogP contribution in [0.1, 0.15) is 55.6 Å². The molecule has 0 radical (unpaired) electrons. The molecule has 1 atom stereocenters. The van der Waals surface area contributed by atoms with E-state index in [4.69, 9.17) is 5.11 Å². The zero-order chi connectivity index (χ0) is 15.1. The normalized spacial score (nSPS) is 12.2. The maximum atomic E-state index is 12.1. The Labute approximate surface area is 119 Å². The van der Waals surface area contributed by atoms with Gasteiger partial charge in [-0.05, 0) is 19.8 Å². The van der Waals surface area contributed by atoms with Crippen LogP contribution in [0.5, 0.6) is 0 Å². The number of unbranched alkanes of at least 4 members (excludes halogenated alkanes) is 1. The number of rotatable bonds is 8. The lowest BCUT2D eigenvalue weighted by Gasteiger charge is -2.12. The molecule has 0 aliphatic rings. The predicted molar refractivity (Wildman–Crippen MR) is 75.7 cm³/mol. The molecule has 1 rings (SSSR count). The van der Waals surface area contributed by atoms with Gasteiger partial charge in [-0.3, -0.25) is 9.48 Å². The highest BCUT2D eigenvalue weighted by Gasteiger charge is 2.21. The molecule has 0 aliphatic carbocycles. The van der Waals surface area contributed by atoms with Crippen LogP contribution in [-0.4, -0.2) is 32.8 Å². The first-order chi connectivity index (χ1) is 9.49. The lowest BCUT2D eigenvalue weighted by atomic mass is 10.1. The van der Waals surface area contributed by atoms with Crippen molar-refractivity contribution in [2.45, 2.75) is 59.0 Å². The molecule has 2 N–H and O–H groups in total. The molecule has 1 unspecified atom stereocenters. The highest BCUT2D eigenvalue weighted by atomic mass is 16.4. The van der Waals surface area contributed by atoms with Crippen molar-refractivity contribution in [3.63, 3.8) is 0 Å². The predicted octanol–water partition coefficient (Wildman–Crippen LogP) is 1.97. The van der Waals surface area contributed by atoms with E-state index >= 15 is 0 Å². The van der Waals surface area contributed by atoms with E-state index in [1.165, 1.54) is 0 Å². The van der Waals surface area contributed by atoms with Crippen molar-refractivity contribution in [3.8, 4) is 0 Å². The fourth-order valence-corrected chi connectivity index (χ4v) is 1.96. The highest BCUT2D eigenvalue weighted by molar-refractivity contribution is 5.97. The zero-order valence-electron chi connectivity index (χ0n) is 12.3. The van der Waals surface area contributed by atoms with Crippen molar-refractivity contribution in [1.82, 2.24) is 15.1 Å². The van der Waals surface area contributed by atoms with Crippen LogP contribution < -0.4 is 5.32 Å². The number of carboxylic acids is 1. The minimum absolute atomic E-state index is 0.369. The van der Waals surface area contributed by atoms with Crippen LogP contribution in [0.15, 0.2) is 6.20 Å². The van der Waals surface area contributed by atoms with Gasteiger partial charge in [-0.25, -0.2) is 4.79 Å². The number of hydrogen-bond acceptors (Lipinski definition) is 3. The Morgan fingerprint density at radius 1 is 1.40 bits per heavy atom. The molecule has 1 heterocycles. The van der Waals surface area contributed by atoms with Gasteiger partial charge in [0, 0.05) is 12.7 Å². The lowest BCUT2D eigenvalue weighted by Crippen LogP contribution is -2.40. The molecule has 20 heavy (non-hydrogen) atoms. The third kappa shape index (κ3) is 4.36. The largest absolute Gasteiger partial charge is 0.480 e. The van der Waals surface area contributed by atoms with Crippen molar-refractivity contribution >= 4 is 11.9 Å². The third-order valence-corrected chi connectivity index (χ3v) is 3.11. The molecular formula is C14H23N3O3. The Balaban J connectivity index is 2.75. The summed E-state index contributed by atoms with van der Waals surface area (Å²) in [6.45, 7) is 6.50. The quantitative estimate of drug-likeness (QED) is 0.763. The molecule has 1 aromatic rings. The first-order valence-corrected chi connectivity index (χ1v) is 7.07. The zero-order valence-corrected chi connectivity index (χ0v) is 12.3. The molecule has 6 heteroatoms. The molecule has 112 valence electrons. The van der Waals surface area contributed by atoms with Gasteiger partial charge in [0.15, 0.2) is 0 Å². The van der Waals surface area contributed by atoms with Gasteiger partial charge in [-0.1, -0.05) is 26.7 Å². The summed E-state index contributed by atoms with van der Waals surface area (Å²) >= 11 is 0. The molecule has 0 bridgehead atoms. The average molecular weight is 281 g/mol. The lowest BCUT2D eigenvalue weighted by molar-refractivity contribution is -0.139. The molecule has 0 saturated carbocycles. The van der Waals surface area contributed by atoms with Gasteiger partial charge in [0.1, 0.15) is 6.04 Å². The Kier molecular flexibility index (Phi) is 6.21. The van der Waals surface area contributed by atoms with Gasteiger partial charge in [-0.2, -0.15) is 5.10 Å². The van der Waals surface area contributed by atoms with Crippen LogP contribution in [0.25, 0.3) is 0 Å². The van der Waals surface area contributed by atoms with Crippen LogP contribution >= 0.6 is 0 Å². The fourth-order valence-electron chi connectivity index (χ4n) is 1.96. The summed E-state index contributed by atoms with van der Waals surface area (Å²) in [5.41, 5.74) is 1.07. The minimum Gasteiger partial charge on any atom is -0.480 e. The van der Waals surface area contributed by atoms with Gasteiger partial charge in [0.2, 0.25) is 0 Å². The van der Waals surface area contributed by atoms with Crippen molar-refractivity contribution in [2.75, 3.05) is 0 Å². The standard InChI is InChI=1S/C14H23N3O3/c1-4-6-8-17-9-11(10(3)16-17)13(18)15-12(7-5-2)14(19)20/h9,12H,4-8H2,1-3H3,(H,15,18)(H,19,20). The fraction of sp³-hybridized carbons (Fsp3) is 0.643. The number of nitrogens with zero attached hydrogens (tertiary/aromatic N) is 2. The first-order valence-electron chi connectivity index (χ1n) is 7.07. The summed E-state index contributed by atoms with van der Waals surface area (Å²) in [7, 11) is 0. The Hall–Kier alpha value is -1.85. The molecule has 1 aromatic heterocycles. The number of hydrogen-bond donors (Lipinski definition) is 2. The average Bonchev–Trinajstić information content (AvgIpc) is 2.77. The number of aryl methyl sites for hydroxylation is 2. The molecule has 6 nitrogen and oxygen atoms in total. The van der Waals surface area contributed by atoms with E-state index < -0.39 is 12.0 Å². The van der Waals surface area contributed by atoms with Crippen molar-refractivity contribution < 1.29 is 14.7 Å². The van der Waals surface area contributed by atoms with Crippen LogP contribution in [0.3, 0.4) is 0 Å². The van der Waals surface area contributed by atoms with Gasteiger partial charge in [0.05, 0.1) is 11.3 Å². The van der Waals surface area contributed by atoms with E-state index in [2.05, 4.69) is 17.3 Å². The topological polar surface area (TPSA) is 84.2 Å². The number of amides is 1. The SMILES string of the molecule is CCCCn1cc(C(=O)NC(CCC)C(=O)O)c(C)n1. The van der Waals surface area contributed by atoms with Crippen LogP contribution in [0.2, 0.25) is 0 Å².